The minimum atomic E-state index is -0.280. The lowest BCUT2D eigenvalue weighted by Gasteiger charge is -2.41. The molecule has 3 heterocycles. The first-order chi connectivity index (χ1) is 14.6. The fourth-order valence-corrected chi connectivity index (χ4v) is 4.52. The Hall–Kier alpha value is -2.25. The minimum Gasteiger partial charge on any atom is -0.375 e. The lowest BCUT2D eigenvalue weighted by atomic mass is 9.73. The molecule has 0 aliphatic carbocycles. The number of amides is 1. The number of carbonyl (C=O) groups is 1. The van der Waals surface area contributed by atoms with Crippen LogP contribution in [0, 0.1) is 12.3 Å². The van der Waals surface area contributed by atoms with Gasteiger partial charge in [0.1, 0.15) is 5.69 Å². The first-order valence-corrected chi connectivity index (χ1v) is 11.2. The van der Waals surface area contributed by atoms with Crippen LogP contribution < -0.4 is 5.32 Å². The van der Waals surface area contributed by atoms with Crippen molar-refractivity contribution in [1.29, 1.82) is 0 Å². The number of rotatable bonds is 2. The van der Waals surface area contributed by atoms with Crippen LogP contribution in [0.25, 0.3) is 0 Å². The Balaban J connectivity index is 1.39. The van der Waals surface area contributed by atoms with Gasteiger partial charge in [0.05, 0.1) is 18.2 Å². The minimum absolute atomic E-state index is 0.217. The zero-order valence-corrected chi connectivity index (χ0v) is 18.0. The summed E-state index contributed by atoms with van der Waals surface area (Å²) in [4.78, 5) is 15.7. The van der Waals surface area contributed by atoms with Crippen molar-refractivity contribution in [3.8, 4) is 0 Å². The van der Waals surface area contributed by atoms with Crippen LogP contribution in [-0.2, 0) is 29.2 Å². The second-order valence-corrected chi connectivity index (χ2v) is 8.78. The average Bonchev–Trinajstić information content (AvgIpc) is 3.20. The molecule has 1 aromatic carbocycles. The monoisotopic (exact) mass is 411 g/mol. The van der Waals surface area contributed by atoms with E-state index in [-0.39, 0.29) is 11.3 Å². The van der Waals surface area contributed by atoms with Crippen LogP contribution in [0.4, 0.5) is 0 Å². The van der Waals surface area contributed by atoms with Gasteiger partial charge in [-0.3, -0.25) is 14.4 Å². The van der Waals surface area contributed by atoms with Crippen molar-refractivity contribution < 1.29 is 9.53 Å². The molecule has 2 aromatic rings. The average molecular weight is 412 g/mol. The van der Waals surface area contributed by atoms with Gasteiger partial charge in [-0.1, -0.05) is 35.0 Å². The molecule has 2 aliphatic rings. The van der Waals surface area contributed by atoms with Crippen LogP contribution in [-0.4, -0.2) is 52.0 Å². The molecule has 1 N–H and O–H groups in total. The summed E-state index contributed by atoms with van der Waals surface area (Å²) in [5.41, 5.74) is 3.22. The molecule has 4 rings (SSSR count). The standard InChI is InChI=1S/C23H33N5O2/c1-19-4-6-20(7-5-19)16-27-13-9-23(10-14-27)8-2-12-28-17-21(25-26-28)18-30-15-3-11-24-22(23)29/h4-7,17H,2-3,8-16,18H2,1H3,(H,24,29). The number of hydrogen-bond donors (Lipinski definition) is 1. The van der Waals surface area contributed by atoms with Gasteiger partial charge in [0.25, 0.3) is 0 Å². The molecule has 0 atom stereocenters. The van der Waals surface area contributed by atoms with Gasteiger partial charge in [0, 0.05) is 26.2 Å². The number of carbonyl (C=O) groups excluding carboxylic acids is 1. The highest BCUT2D eigenvalue weighted by Gasteiger charge is 2.40. The number of aryl methyl sites for hydroxylation is 2. The number of hydrogen-bond acceptors (Lipinski definition) is 5. The lowest BCUT2D eigenvalue weighted by Crippen LogP contribution is -2.49. The fourth-order valence-electron chi connectivity index (χ4n) is 4.52. The van der Waals surface area contributed by atoms with Crippen molar-refractivity contribution in [2.24, 2.45) is 5.41 Å². The zero-order chi connectivity index (χ0) is 20.8. The summed E-state index contributed by atoms with van der Waals surface area (Å²) in [6.45, 7) is 7.54. The molecular formula is C23H33N5O2. The quantitative estimate of drug-likeness (QED) is 0.823. The summed E-state index contributed by atoms with van der Waals surface area (Å²) in [5.74, 6) is 0.217. The van der Waals surface area contributed by atoms with Crippen molar-refractivity contribution in [2.75, 3.05) is 26.2 Å². The van der Waals surface area contributed by atoms with E-state index < -0.39 is 0 Å². The second kappa shape index (κ2) is 9.71. The van der Waals surface area contributed by atoms with E-state index in [1.807, 2.05) is 10.9 Å². The van der Waals surface area contributed by atoms with E-state index in [1.54, 1.807) is 0 Å². The second-order valence-electron chi connectivity index (χ2n) is 8.78. The number of fused-ring (bicyclic) bond motifs is 2. The van der Waals surface area contributed by atoms with Gasteiger partial charge >= 0.3 is 0 Å². The number of aromatic nitrogens is 3. The molecule has 1 amide bonds. The van der Waals surface area contributed by atoms with E-state index in [1.165, 1.54) is 11.1 Å². The Morgan fingerprint density at radius 1 is 1.10 bits per heavy atom. The van der Waals surface area contributed by atoms with Gasteiger partial charge in [-0.05, 0) is 57.7 Å². The van der Waals surface area contributed by atoms with Crippen LogP contribution in [0.2, 0.25) is 0 Å². The molecule has 0 saturated carbocycles. The SMILES string of the molecule is Cc1ccc(CN2CCC3(CCCn4cc(nn4)COCCCNC3=O)CC2)cc1. The highest BCUT2D eigenvalue weighted by molar-refractivity contribution is 5.82. The molecule has 30 heavy (non-hydrogen) atoms. The van der Waals surface area contributed by atoms with E-state index in [4.69, 9.17) is 4.74 Å². The molecule has 2 bridgehead atoms. The molecule has 0 radical (unpaired) electrons. The first-order valence-electron chi connectivity index (χ1n) is 11.2. The van der Waals surface area contributed by atoms with Crippen molar-refractivity contribution in [3.63, 3.8) is 0 Å². The molecule has 2 aliphatic heterocycles. The summed E-state index contributed by atoms with van der Waals surface area (Å²) in [5, 5.41) is 11.6. The molecule has 1 aromatic heterocycles. The summed E-state index contributed by atoms with van der Waals surface area (Å²) >= 11 is 0. The van der Waals surface area contributed by atoms with Crippen LogP contribution in [0.3, 0.4) is 0 Å². The number of nitrogens with one attached hydrogen (secondary N) is 1. The van der Waals surface area contributed by atoms with Gasteiger partial charge in [-0.15, -0.1) is 5.10 Å². The maximum Gasteiger partial charge on any atom is 0.226 e. The third-order valence-electron chi connectivity index (χ3n) is 6.45. The van der Waals surface area contributed by atoms with E-state index >= 15 is 0 Å². The maximum atomic E-state index is 13.2. The van der Waals surface area contributed by atoms with E-state index in [2.05, 4.69) is 51.7 Å². The van der Waals surface area contributed by atoms with E-state index in [9.17, 15) is 4.79 Å². The Bertz CT molecular complexity index is 824. The predicted octanol–water partition coefficient (Wildman–Crippen LogP) is 2.69. The lowest BCUT2D eigenvalue weighted by molar-refractivity contribution is -0.134. The van der Waals surface area contributed by atoms with Gasteiger partial charge < -0.3 is 10.1 Å². The summed E-state index contributed by atoms with van der Waals surface area (Å²) < 4.78 is 7.53. The number of piperidine rings is 1. The smallest absolute Gasteiger partial charge is 0.226 e. The third-order valence-corrected chi connectivity index (χ3v) is 6.45. The number of ether oxygens (including phenoxy) is 1. The van der Waals surface area contributed by atoms with Gasteiger partial charge in [0.15, 0.2) is 0 Å². The first kappa shape index (κ1) is 21.0. The van der Waals surface area contributed by atoms with Gasteiger partial charge in [-0.25, -0.2) is 0 Å². The topological polar surface area (TPSA) is 72.3 Å². The third kappa shape index (κ3) is 5.26. The van der Waals surface area contributed by atoms with Crippen molar-refractivity contribution >= 4 is 5.91 Å². The predicted molar refractivity (Wildman–Crippen MR) is 115 cm³/mol. The Morgan fingerprint density at radius 3 is 2.70 bits per heavy atom. The highest BCUT2D eigenvalue weighted by atomic mass is 16.5. The molecule has 1 saturated heterocycles. The van der Waals surface area contributed by atoms with Crippen molar-refractivity contribution in [2.45, 2.75) is 58.7 Å². The van der Waals surface area contributed by atoms with Crippen LogP contribution >= 0.6 is 0 Å². The highest BCUT2D eigenvalue weighted by Crippen LogP contribution is 2.37. The molecule has 7 nitrogen and oxygen atoms in total. The molecule has 1 fully saturated rings. The molecule has 0 unspecified atom stereocenters. The normalized spacial score (nSPS) is 21.2. The number of likely N-dealkylation sites (tertiary alicyclic amines) is 1. The number of benzene rings is 1. The van der Waals surface area contributed by atoms with Crippen molar-refractivity contribution in [3.05, 3.63) is 47.3 Å². The van der Waals surface area contributed by atoms with Crippen molar-refractivity contribution in [1.82, 2.24) is 25.2 Å². The molecule has 1 spiro atoms. The maximum absolute atomic E-state index is 13.2. The summed E-state index contributed by atoms with van der Waals surface area (Å²) in [6, 6.07) is 8.76. The Labute approximate surface area is 178 Å². The van der Waals surface area contributed by atoms with E-state index in [0.717, 1.165) is 64.0 Å². The fraction of sp³-hybridized carbons (Fsp3) is 0.609. The molecular weight excluding hydrogens is 378 g/mol. The summed E-state index contributed by atoms with van der Waals surface area (Å²) in [6.07, 6.45) is 6.41. The summed E-state index contributed by atoms with van der Waals surface area (Å²) in [7, 11) is 0. The van der Waals surface area contributed by atoms with E-state index in [0.29, 0.717) is 19.8 Å². The van der Waals surface area contributed by atoms with Crippen LogP contribution in [0.5, 0.6) is 0 Å². The van der Waals surface area contributed by atoms with Gasteiger partial charge in [0.2, 0.25) is 5.91 Å². The molecule has 7 heteroatoms. The molecule has 162 valence electrons. The van der Waals surface area contributed by atoms with Crippen LogP contribution in [0.1, 0.15) is 48.9 Å². The largest absolute Gasteiger partial charge is 0.375 e. The zero-order valence-electron chi connectivity index (χ0n) is 18.0. The number of nitrogens with zero attached hydrogens (tertiary/aromatic N) is 4. The Morgan fingerprint density at radius 2 is 1.90 bits per heavy atom. The van der Waals surface area contributed by atoms with Gasteiger partial charge in [-0.2, -0.15) is 0 Å². The Kier molecular flexibility index (Phi) is 6.79. The van der Waals surface area contributed by atoms with Crippen LogP contribution in [0.15, 0.2) is 30.5 Å².